The van der Waals surface area contributed by atoms with Gasteiger partial charge in [-0.2, -0.15) is 0 Å². The van der Waals surface area contributed by atoms with E-state index in [4.69, 9.17) is 5.11 Å². The molecule has 0 aromatic carbocycles. The van der Waals surface area contributed by atoms with Crippen LogP contribution in [0, 0.1) is 5.41 Å². The molecule has 1 aliphatic carbocycles. The van der Waals surface area contributed by atoms with Gasteiger partial charge in [0.15, 0.2) is 0 Å². The van der Waals surface area contributed by atoms with Gasteiger partial charge in [-0.3, -0.25) is 0 Å². The number of aliphatic carboxylic acids is 1. The summed E-state index contributed by atoms with van der Waals surface area (Å²) in [5.74, 6) is -0.929. The summed E-state index contributed by atoms with van der Waals surface area (Å²) < 4.78 is 0. The maximum Gasteiger partial charge on any atom is 0.328 e. The highest BCUT2D eigenvalue weighted by Crippen LogP contribution is 2.40. The number of carboxylic acids is 1. The summed E-state index contributed by atoms with van der Waals surface area (Å²) in [5.41, 5.74) is 4.36. The second-order valence-electron chi connectivity index (χ2n) is 6.26. The zero-order valence-electron chi connectivity index (χ0n) is 13.5. The van der Waals surface area contributed by atoms with Crippen LogP contribution in [0.25, 0.3) is 0 Å². The van der Waals surface area contributed by atoms with E-state index in [1.54, 1.807) is 6.08 Å². The third-order valence-electron chi connectivity index (χ3n) is 3.88. The number of hydrogen-bond acceptors (Lipinski definition) is 1. The minimum atomic E-state index is -0.929. The molecule has 0 atom stereocenters. The van der Waals surface area contributed by atoms with E-state index < -0.39 is 5.97 Å². The summed E-state index contributed by atoms with van der Waals surface area (Å²) >= 11 is 0. The largest absolute Gasteiger partial charge is 0.478 e. The lowest BCUT2D eigenvalue weighted by atomic mass is 9.72. The molecule has 0 aliphatic heterocycles. The van der Waals surface area contributed by atoms with Gasteiger partial charge in [0.1, 0.15) is 0 Å². The van der Waals surface area contributed by atoms with Crippen molar-refractivity contribution in [1.82, 2.24) is 0 Å². The second-order valence-corrected chi connectivity index (χ2v) is 6.26. The minimum absolute atomic E-state index is 0.263. The third kappa shape index (κ3) is 5.99. The van der Waals surface area contributed by atoms with Crippen molar-refractivity contribution >= 4 is 5.97 Å². The molecule has 0 heterocycles. The van der Waals surface area contributed by atoms with Crippen LogP contribution in [0.4, 0.5) is 0 Å². The Balaban J connectivity index is 2.73. The predicted octanol–water partition coefficient (Wildman–Crippen LogP) is 5.21. The quantitative estimate of drug-likeness (QED) is 0.556. The van der Waals surface area contributed by atoms with Gasteiger partial charge in [0, 0.05) is 6.08 Å². The van der Waals surface area contributed by atoms with Gasteiger partial charge in [0.05, 0.1) is 0 Å². The van der Waals surface area contributed by atoms with E-state index in [2.05, 4.69) is 32.9 Å². The summed E-state index contributed by atoms with van der Waals surface area (Å²) in [5, 5.41) is 8.47. The van der Waals surface area contributed by atoms with Crippen molar-refractivity contribution in [2.24, 2.45) is 5.41 Å². The van der Waals surface area contributed by atoms with Crippen LogP contribution >= 0.6 is 0 Å². The smallest absolute Gasteiger partial charge is 0.328 e. The summed E-state index contributed by atoms with van der Waals surface area (Å²) in [6.07, 6.45) is 16.3. The molecule has 0 amide bonds. The molecule has 1 N–H and O–H groups in total. The summed E-state index contributed by atoms with van der Waals surface area (Å²) in [4.78, 5) is 10.3. The molecule has 0 saturated heterocycles. The first-order valence-electron chi connectivity index (χ1n) is 7.46. The first-order chi connectivity index (χ1) is 9.83. The zero-order valence-corrected chi connectivity index (χ0v) is 13.5. The Bertz CT molecular complexity index is 526. The van der Waals surface area contributed by atoms with E-state index in [1.165, 1.54) is 36.5 Å². The van der Waals surface area contributed by atoms with Crippen molar-refractivity contribution in [3.63, 3.8) is 0 Å². The lowest BCUT2D eigenvalue weighted by molar-refractivity contribution is -0.131. The Hall–Kier alpha value is -1.83. The highest BCUT2D eigenvalue weighted by atomic mass is 16.4. The lowest BCUT2D eigenvalue weighted by Gasteiger charge is -2.32. The molecular weight excluding hydrogens is 260 g/mol. The van der Waals surface area contributed by atoms with E-state index in [0.717, 1.165) is 11.6 Å². The van der Waals surface area contributed by atoms with Gasteiger partial charge in [-0.1, -0.05) is 61.4 Å². The molecule has 2 nitrogen and oxygen atoms in total. The van der Waals surface area contributed by atoms with Gasteiger partial charge in [-0.05, 0) is 44.1 Å². The Kier molecular flexibility index (Phi) is 6.41. The molecule has 114 valence electrons. The van der Waals surface area contributed by atoms with Crippen LogP contribution in [-0.4, -0.2) is 11.1 Å². The Morgan fingerprint density at radius 1 is 1.19 bits per heavy atom. The number of hydrogen-bond donors (Lipinski definition) is 1. The normalized spacial score (nSPS) is 20.1. The second kappa shape index (κ2) is 7.82. The predicted molar refractivity (Wildman–Crippen MR) is 89.1 cm³/mol. The van der Waals surface area contributed by atoms with Crippen molar-refractivity contribution in [2.75, 3.05) is 0 Å². The third-order valence-corrected chi connectivity index (χ3v) is 3.88. The monoisotopic (exact) mass is 286 g/mol. The van der Waals surface area contributed by atoms with Crippen LogP contribution in [0.3, 0.4) is 0 Å². The minimum Gasteiger partial charge on any atom is -0.478 e. The van der Waals surface area contributed by atoms with Crippen molar-refractivity contribution < 1.29 is 9.90 Å². The number of rotatable bonds is 5. The van der Waals surface area contributed by atoms with Crippen LogP contribution in [0.1, 0.15) is 47.0 Å². The Morgan fingerprint density at radius 2 is 1.90 bits per heavy atom. The first kappa shape index (κ1) is 17.2. The SMILES string of the molecule is CC(C=CC1=C(C)CCCC1(C)C)=CC=CC=CC(=O)O. The fourth-order valence-electron chi connectivity index (χ4n) is 2.69. The van der Waals surface area contributed by atoms with Crippen LogP contribution in [0.5, 0.6) is 0 Å². The van der Waals surface area contributed by atoms with Gasteiger partial charge >= 0.3 is 5.97 Å². The summed E-state index contributed by atoms with van der Waals surface area (Å²) in [6.45, 7) is 8.90. The molecule has 2 heteroatoms. The van der Waals surface area contributed by atoms with Crippen LogP contribution in [0.2, 0.25) is 0 Å². The van der Waals surface area contributed by atoms with E-state index >= 15 is 0 Å². The standard InChI is InChI=1S/C19H26O2/c1-15(9-6-5-7-11-18(20)21)12-13-17-16(2)10-8-14-19(17,3)4/h5-7,9,11-13H,8,10,14H2,1-4H3,(H,20,21). The number of carbonyl (C=O) groups is 1. The first-order valence-corrected chi connectivity index (χ1v) is 7.46. The van der Waals surface area contributed by atoms with Crippen molar-refractivity contribution in [1.29, 1.82) is 0 Å². The molecule has 1 aliphatic rings. The molecule has 21 heavy (non-hydrogen) atoms. The van der Waals surface area contributed by atoms with Gasteiger partial charge in [-0.25, -0.2) is 4.79 Å². The molecule has 0 bridgehead atoms. The van der Waals surface area contributed by atoms with Crippen molar-refractivity contribution in [3.05, 3.63) is 59.3 Å². The molecule has 0 aromatic heterocycles. The average Bonchev–Trinajstić information content (AvgIpc) is 2.36. The van der Waals surface area contributed by atoms with Crippen molar-refractivity contribution in [2.45, 2.75) is 47.0 Å². The Labute approximate surface area is 128 Å². The van der Waals surface area contributed by atoms with Gasteiger partial charge in [0.2, 0.25) is 0 Å². The van der Waals surface area contributed by atoms with Crippen LogP contribution in [0.15, 0.2) is 59.3 Å². The van der Waals surface area contributed by atoms with Crippen LogP contribution in [-0.2, 0) is 4.79 Å². The maximum atomic E-state index is 10.3. The highest BCUT2D eigenvalue weighted by molar-refractivity contribution is 5.80. The van der Waals surface area contributed by atoms with E-state index in [-0.39, 0.29) is 5.41 Å². The highest BCUT2D eigenvalue weighted by Gasteiger charge is 2.26. The summed E-state index contributed by atoms with van der Waals surface area (Å²) in [6, 6.07) is 0. The van der Waals surface area contributed by atoms with E-state index in [0.29, 0.717) is 0 Å². The fraction of sp³-hybridized carbons (Fsp3) is 0.421. The number of carboxylic acid groups (broad SMARTS) is 1. The lowest BCUT2D eigenvalue weighted by Crippen LogP contribution is -2.19. The average molecular weight is 286 g/mol. The molecule has 0 saturated carbocycles. The fourth-order valence-corrected chi connectivity index (χ4v) is 2.69. The zero-order chi connectivity index (χ0) is 15.9. The molecule has 0 radical (unpaired) electrons. The molecule has 1 rings (SSSR count). The Morgan fingerprint density at radius 3 is 2.52 bits per heavy atom. The summed E-state index contributed by atoms with van der Waals surface area (Å²) in [7, 11) is 0. The molecule has 0 aromatic rings. The van der Waals surface area contributed by atoms with Gasteiger partial charge in [-0.15, -0.1) is 0 Å². The van der Waals surface area contributed by atoms with Gasteiger partial charge < -0.3 is 5.11 Å². The topological polar surface area (TPSA) is 37.3 Å². The maximum absolute atomic E-state index is 10.3. The van der Waals surface area contributed by atoms with Gasteiger partial charge in [0.25, 0.3) is 0 Å². The van der Waals surface area contributed by atoms with E-state index in [9.17, 15) is 4.79 Å². The molecule has 0 fully saturated rings. The van der Waals surface area contributed by atoms with Crippen molar-refractivity contribution in [3.8, 4) is 0 Å². The molecular formula is C19H26O2. The molecule has 0 spiro atoms. The molecule has 0 unspecified atom stereocenters. The van der Waals surface area contributed by atoms with Crippen LogP contribution < -0.4 is 0 Å². The van der Waals surface area contributed by atoms with E-state index in [1.807, 2.05) is 19.1 Å². The number of allylic oxidation sites excluding steroid dienone is 9.